The third-order valence-corrected chi connectivity index (χ3v) is 4.28. The summed E-state index contributed by atoms with van der Waals surface area (Å²) < 4.78 is 0. The third-order valence-electron chi connectivity index (χ3n) is 4.28. The average Bonchev–Trinajstić information content (AvgIpc) is 2.68. The van der Waals surface area contributed by atoms with Gasteiger partial charge in [-0.25, -0.2) is 0 Å². The highest BCUT2D eigenvalue weighted by atomic mass is 15.2. The van der Waals surface area contributed by atoms with Gasteiger partial charge in [0, 0.05) is 12.6 Å². The summed E-state index contributed by atoms with van der Waals surface area (Å²) in [5.41, 5.74) is 0. The van der Waals surface area contributed by atoms with Gasteiger partial charge in [-0.1, -0.05) is 19.8 Å². The second-order valence-corrected chi connectivity index (χ2v) is 5.68. The van der Waals surface area contributed by atoms with Gasteiger partial charge in [-0.15, -0.1) is 0 Å². The van der Waals surface area contributed by atoms with Gasteiger partial charge in [0.2, 0.25) is 0 Å². The Bertz CT molecular complexity index is 187. The molecular formula is C14H28N2. The molecule has 1 N–H and O–H groups in total. The van der Waals surface area contributed by atoms with Crippen LogP contribution < -0.4 is 5.32 Å². The van der Waals surface area contributed by atoms with Crippen LogP contribution in [0.5, 0.6) is 0 Å². The van der Waals surface area contributed by atoms with Gasteiger partial charge in [0.05, 0.1) is 0 Å². The maximum atomic E-state index is 3.62. The predicted octanol–water partition coefficient (Wildman–Crippen LogP) is 2.64. The highest BCUT2D eigenvalue weighted by molar-refractivity contribution is 4.79. The summed E-state index contributed by atoms with van der Waals surface area (Å²) in [6, 6.07) is 0.794. The van der Waals surface area contributed by atoms with Crippen LogP contribution >= 0.6 is 0 Å². The summed E-state index contributed by atoms with van der Waals surface area (Å²) in [4.78, 5) is 2.71. The van der Waals surface area contributed by atoms with Crippen molar-refractivity contribution in [2.24, 2.45) is 5.92 Å². The second-order valence-electron chi connectivity index (χ2n) is 5.68. The summed E-state index contributed by atoms with van der Waals surface area (Å²) in [6.45, 7) is 7.57. The van der Waals surface area contributed by atoms with E-state index in [4.69, 9.17) is 0 Å². The van der Waals surface area contributed by atoms with E-state index in [1.54, 1.807) is 0 Å². The molecule has 0 saturated carbocycles. The smallest absolute Gasteiger partial charge is 0.0195 e. The molecule has 1 unspecified atom stereocenters. The third kappa shape index (κ3) is 3.74. The van der Waals surface area contributed by atoms with Gasteiger partial charge in [0.15, 0.2) is 0 Å². The van der Waals surface area contributed by atoms with Crippen LogP contribution in [0.3, 0.4) is 0 Å². The van der Waals surface area contributed by atoms with E-state index in [0.29, 0.717) is 0 Å². The number of likely N-dealkylation sites (tertiary alicyclic amines) is 1. The molecule has 0 aliphatic carbocycles. The summed E-state index contributed by atoms with van der Waals surface area (Å²) >= 11 is 0. The molecule has 2 saturated heterocycles. The Morgan fingerprint density at radius 2 is 2.06 bits per heavy atom. The van der Waals surface area contributed by atoms with E-state index >= 15 is 0 Å². The minimum absolute atomic E-state index is 0.794. The molecule has 0 amide bonds. The van der Waals surface area contributed by atoms with Crippen LogP contribution in [0.25, 0.3) is 0 Å². The van der Waals surface area contributed by atoms with Crippen LogP contribution in [-0.2, 0) is 0 Å². The van der Waals surface area contributed by atoms with E-state index in [0.717, 1.165) is 12.0 Å². The number of hydrogen-bond acceptors (Lipinski definition) is 2. The molecule has 2 aliphatic rings. The molecule has 2 heteroatoms. The van der Waals surface area contributed by atoms with Crippen molar-refractivity contribution in [2.45, 2.75) is 57.9 Å². The molecule has 2 atom stereocenters. The summed E-state index contributed by atoms with van der Waals surface area (Å²) in [5, 5.41) is 3.62. The first-order valence-electron chi connectivity index (χ1n) is 7.34. The van der Waals surface area contributed by atoms with E-state index < -0.39 is 0 Å². The van der Waals surface area contributed by atoms with Crippen molar-refractivity contribution in [2.75, 3.05) is 26.2 Å². The Morgan fingerprint density at radius 1 is 1.12 bits per heavy atom. The molecular weight excluding hydrogens is 196 g/mol. The van der Waals surface area contributed by atoms with E-state index in [1.807, 2.05) is 0 Å². The van der Waals surface area contributed by atoms with Crippen molar-refractivity contribution in [1.29, 1.82) is 0 Å². The number of nitrogens with one attached hydrogen (secondary N) is 1. The zero-order valence-electron chi connectivity index (χ0n) is 10.9. The van der Waals surface area contributed by atoms with Crippen molar-refractivity contribution in [1.82, 2.24) is 10.2 Å². The van der Waals surface area contributed by atoms with Gasteiger partial charge in [-0.2, -0.15) is 0 Å². The number of rotatable bonds is 4. The monoisotopic (exact) mass is 224 g/mol. The first-order chi connectivity index (χ1) is 7.88. The predicted molar refractivity (Wildman–Crippen MR) is 69.7 cm³/mol. The lowest BCUT2D eigenvalue weighted by atomic mass is 9.96. The fourth-order valence-electron chi connectivity index (χ4n) is 3.33. The van der Waals surface area contributed by atoms with E-state index in [1.165, 1.54) is 71.1 Å². The van der Waals surface area contributed by atoms with Crippen molar-refractivity contribution < 1.29 is 0 Å². The lowest BCUT2D eigenvalue weighted by Gasteiger charge is -2.23. The molecule has 2 nitrogen and oxygen atoms in total. The molecule has 16 heavy (non-hydrogen) atoms. The lowest BCUT2D eigenvalue weighted by Crippen LogP contribution is -2.38. The van der Waals surface area contributed by atoms with Crippen molar-refractivity contribution >= 4 is 0 Å². The average molecular weight is 224 g/mol. The Balaban J connectivity index is 1.70. The number of hydrogen-bond donors (Lipinski definition) is 1. The Kier molecular flexibility index (Phi) is 5.11. The molecule has 94 valence electrons. The molecule has 2 fully saturated rings. The largest absolute Gasteiger partial charge is 0.313 e. The molecule has 2 aliphatic heterocycles. The zero-order chi connectivity index (χ0) is 11.2. The summed E-state index contributed by atoms with van der Waals surface area (Å²) in [6.07, 6.45) is 9.95. The maximum Gasteiger partial charge on any atom is 0.0195 e. The Labute approximate surface area is 101 Å². The molecule has 0 bridgehead atoms. The summed E-state index contributed by atoms with van der Waals surface area (Å²) in [7, 11) is 0. The highest BCUT2D eigenvalue weighted by Crippen LogP contribution is 2.22. The van der Waals surface area contributed by atoms with Crippen LogP contribution in [-0.4, -0.2) is 37.1 Å². The van der Waals surface area contributed by atoms with E-state index in [9.17, 15) is 0 Å². The minimum Gasteiger partial charge on any atom is -0.313 e. The molecule has 0 radical (unpaired) electrons. The van der Waals surface area contributed by atoms with Crippen molar-refractivity contribution in [3.8, 4) is 0 Å². The molecule has 0 aromatic rings. The fourth-order valence-corrected chi connectivity index (χ4v) is 3.33. The number of nitrogens with zero attached hydrogens (tertiary/aromatic N) is 1. The fraction of sp³-hybridized carbons (Fsp3) is 1.00. The first-order valence-corrected chi connectivity index (χ1v) is 7.34. The van der Waals surface area contributed by atoms with Gasteiger partial charge in [-0.05, 0) is 57.7 Å². The van der Waals surface area contributed by atoms with E-state index in [2.05, 4.69) is 17.1 Å². The second kappa shape index (κ2) is 6.61. The minimum atomic E-state index is 0.794. The standard InChI is InChI=1S/C14H28N2/c1-2-5-13-6-4-10-16(11-8-13)12-14-7-3-9-15-14/h13-15H,2-12H2,1H3/t13?,14-/m0/s1. The van der Waals surface area contributed by atoms with Gasteiger partial charge >= 0.3 is 0 Å². The molecule has 0 spiro atoms. The molecule has 2 heterocycles. The molecule has 0 aromatic heterocycles. The lowest BCUT2D eigenvalue weighted by molar-refractivity contribution is 0.254. The van der Waals surface area contributed by atoms with Crippen LogP contribution in [0.15, 0.2) is 0 Å². The summed E-state index contributed by atoms with van der Waals surface area (Å²) in [5.74, 6) is 1.02. The van der Waals surface area contributed by atoms with Crippen molar-refractivity contribution in [3.05, 3.63) is 0 Å². The normalized spacial score (nSPS) is 32.8. The maximum absolute atomic E-state index is 3.62. The van der Waals surface area contributed by atoms with Gasteiger partial charge < -0.3 is 10.2 Å². The highest BCUT2D eigenvalue weighted by Gasteiger charge is 2.20. The zero-order valence-corrected chi connectivity index (χ0v) is 10.9. The van der Waals surface area contributed by atoms with Crippen molar-refractivity contribution in [3.63, 3.8) is 0 Å². The van der Waals surface area contributed by atoms with Gasteiger partial charge in [0.1, 0.15) is 0 Å². The topological polar surface area (TPSA) is 15.3 Å². The van der Waals surface area contributed by atoms with Crippen LogP contribution in [0.4, 0.5) is 0 Å². The van der Waals surface area contributed by atoms with Crippen LogP contribution in [0.1, 0.15) is 51.9 Å². The quantitative estimate of drug-likeness (QED) is 0.790. The van der Waals surface area contributed by atoms with Crippen LogP contribution in [0.2, 0.25) is 0 Å². The van der Waals surface area contributed by atoms with Crippen LogP contribution in [0, 0.1) is 5.92 Å². The Hall–Kier alpha value is -0.0800. The van der Waals surface area contributed by atoms with Gasteiger partial charge in [-0.3, -0.25) is 0 Å². The first kappa shape index (κ1) is 12.4. The molecule has 2 rings (SSSR count). The molecule has 0 aromatic carbocycles. The van der Waals surface area contributed by atoms with E-state index in [-0.39, 0.29) is 0 Å². The van der Waals surface area contributed by atoms with Gasteiger partial charge in [0.25, 0.3) is 0 Å². The Morgan fingerprint density at radius 3 is 2.81 bits per heavy atom. The SMILES string of the molecule is CCCC1CCCN(C[C@@H]2CCCN2)CC1.